The van der Waals surface area contributed by atoms with Gasteiger partial charge in [0.25, 0.3) is 0 Å². The number of fused-ring (bicyclic) bond motifs is 8. The van der Waals surface area contributed by atoms with Crippen LogP contribution in [0.4, 0.5) is 68.2 Å². The van der Waals surface area contributed by atoms with Crippen molar-refractivity contribution in [1.29, 1.82) is 0 Å². The van der Waals surface area contributed by atoms with E-state index in [2.05, 4.69) is 332 Å². The molecule has 0 saturated heterocycles. The Hall–Kier alpha value is -9.56. The summed E-state index contributed by atoms with van der Waals surface area (Å²) in [4.78, 5) is 10.1. The molecule has 0 saturated carbocycles. The fraction of sp³-hybridized carbons (Fsp3) is 0.153. The molecule has 5 nitrogen and oxygen atoms in total. The van der Waals surface area contributed by atoms with Gasteiger partial charge in [0.2, 0.25) is 0 Å². The van der Waals surface area contributed by atoms with Crippen LogP contribution in [-0.4, -0.2) is 18.4 Å². The zero-order chi connectivity index (χ0) is 62.1. The minimum absolute atomic E-state index is 0.504. The van der Waals surface area contributed by atoms with E-state index in [1.165, 1.54) is 121 Å². The van der Waals surface area contributed by atoms with E-state index in [1.54, 1.807) is 0 Å². The van der Waals surface area contributed by atoms with Crippen molar-refractivity contribution in [3.63, 3.8) is 0 Å². The summed E-state index contributed by atoms with van der Waals surface area (Å²) < 4.78 is 14.3. The summed E-state index contributed by atoms with van der Waals surface area (Å²) in [6.07, 6.45) is 0. The third-order valence-electron chi connectivity index (χ3n) is 20.7. The Morgan fingerprint density at radius 1 is 0.308 bits per heavy atom. The summed E-state index contributed by atoms with van der Waals surface area (Å²) >= 11 is -4.87. The van der Waals surface area contributed by atoms with Crippen LogP contribution < -0.4 is 38.7 Å². The second-order valence-electron chi connectivity index (χ2n) is 27.5. The Morgan fingerprint density at radius 2 is 0.626 bits per heavy atom. The SMILES string of the molecule is Cc1ccc(N(c2ccc(C)cc2)c2ccc3c(c2)C(C)(C)c2c-3cc3[c]4c2Oc2c5c(cc6[c]2[Sn]4([c]2ccccc2)[c]2c(cc(C)cc2N6c2ccc(C)cc2)N3c2ccc(C)cc2)-c2ccc(N(c3ccc(C)cc3)c3ccc(C)cc3)cc2C5(C)C)cc1. The Balaban J connectivity index is 0.982. The zero-order valence-corrected chi connectivity index (χ0v) is 56.6. The van der Waals surface area contributed by atoms with E-state index in [0.29, 0.717) is 0 Å². The molecule has 3 aliphatic heterocycles. The number of hydrogen-bond acceptors (Lipinski definition) is 5. The van der Waals surface area contributed by atoms with Gasteiger partial charge in [0, 0.05) is 0 Å². The van der Waals surface area contributed by atoms with E-state index >= 15 is 0 Å². The standard InChI is InChI=1S/C79H67N4O.C6H5.Sn/c1-49-12-24-56(25-13-49)80(57-26-14-50(2)15-27-57)62-36-38-68-70-43-66-47-74(76(70)78(8,9)72(68)45-62)84-75-48-67(83(61-34-22-54(6)23-35-61)65-41-55(7)40-64(42-65)82(66)60-32-20-53(5)21-33-60)44-71-69-39-37-63(46-73(69)79(10,11)77(71)75)81(58-28-16-51(3)17-29-58)59-30-18-52(4)19-31-59;1-2-4-6-5-3-1;/h12-41,43-46H,1-11H3;1-5H;. The molecular weight excluding hydrogens is 1210 g/mol. The fourth-order valence-electron chi connectivity index (χ4n) is 16.3. The number of aryl methyl sites for hydroxylation is 7. The van der Waals surface area contributed by atoms with Crippen molar-refractivity contribution in [2.24, 2.45) is 0 Å². The molecular formula is C85H72N4OSn. The third-order valence-corrected chi connectivity index (χ3v) is 34.8. The normalized spacial score (nSPS) is 14.8. The molecule has 91 heavy (non-hydrogen) atoms. The molecule has 0 atom stereocenters. The maximum absolute atomic E-state index is 8.60. The number of anilines is 12. The van der Waals surface area contributed by atoms with Gasteiger partial charge in [-0.1, -0.05) is 0 Å². The summed E-state index contributed by atoms with van der Waals surface area (Å²) in [5.41, 5.74) is 31.6. The van der Waals surface area contributed by atoms with Gasteiger partial charge in [0.1, 0.15) is 0 Å². The summed E-state index contributed by atoms with van der Waals surface area (Å²) in [5.74, 6) is 2.07. The van der Waals surface area contributed by atoms with Gasteiger partial charge in [-0.15, -0.1) is 0 Å². The molecule has 3 heterocycles. The number of rotatable bonds is 9. The quantitative estimate of drug-likeness (QED) is 0.134. The van der Waals surface area contributed by atoms with Gasteiger partial charge >= 0.3 is 516 Å². The van der Waals surface area contributed by atoms with Crippen molar-refractivity contribution in [2.45, 2.75) is 87.0 Å². The van der Waals surface area contributed by atoms with E-state index in [9.17, 15) is 0 Å². The summed E-state index contributed by atoms with van der Waals surface area (Å²) in [6.45, 7) is 25.2. The molecule has 12 aromatic carbocycles. The Kier molecular flexibility index (Phi) is 12.2. The van der Waals surface area contributed by atoms with Crippen molar-refractivity contribution >= 4 is 101 Å². The van der Waals surface area contributed by atoms with Crippen LogP contribution >= 0.6 is 0 Å². The van der Waals surface area contributed by atoms with Crippen molar-refractivity contribution in [1.82, 2.24) is 0 Å². The molecule has 12 aromatic rings. The molecule has 442 valence electrons. The second-order valence-corrected chi connectivity index (χ2v) is 37.7. The average molecular weight is 1280 g/mol. The molecule has 17 rings (SSSR count). The second kappa shape index (κ2) is 20.0. The Morgan fingerprint density at radius 3 is 0.978 bits per heavy atom. The van der Waals surface area contributed by atoms with Gasteiger partial charge in [0.05, 0.1) is 0 Å². The van der Waals surface area contributed by atoms with Crippen LogP contribution in [0.5, 0.6) is 11.5 Å². The maximum atomic E-state index is 8.60. The number of ether oxygens (including phenoxy) is 1. The fourth-order valence-corrected chi connectivity index (χ4v) is 32.3. The monoisotopic (exact) mass is 1280 g/mol. The van der Waals surface area contributed by atoms with Crippen molar-refractivity contribution in [2.75, 3.05) is 19.6 Å². The van der Waals surface area contributed by atoms with E-state index in [0.717, 1.165) is 57.0 Å². The first-order valence-electron chi connectivity index (χ1n) is 32.2. The van der Waals surface area contributed by atoms with Crippen molar-refractivity contribution in [3.05, 3.63) is 298 Å². The van der Waals surface area contributed by atoms with E-state index in [-0.39, 0.29) is 0 Å². The molecule has 5 aliphatic rings. The predicted octanol–water partition coefficient (Wildman–Crippen LogP) is 20.4. The van der Waals surface area contributed by atoms with Gasteiger partial charge in [-0.3, -0.25) is 0 Å². The number of nitrogens with zero attached hydrogens (tertiary/aromatic N) is 4. The summed E-state index contributed by atoms with van der Waals surface area (Å²) in [6, 6.07) is 91.0. The predicted molar refractivity (Wildman–Crippen MR) is 384 cm³/mol. The van der Waals surface area contributed by atoms with Crippen LogP contribution in [0.1, 0.15) is 88.9 Å². The summed E-state index contributed by atoms with van der Waals surface area (Å²) in [5, 5.41) is 0. The Labute approximate surface area is 540 Å². The van der Waals surface area contributed by atoms with Crippen LogP contribution in [0.2, 0.25) is 0 Å². The van der Waals surface area contributed by atoms with Gasteiger partial charge in [-0.05, 0) is 27.7 Å². The van der Waals surface area contributed by atoms with E-state index in [4.69, 9.17) is 4.74 Å². The first-order valence-corrected chi connectivity index (χ1v) is 37.9. The Bertz CT molecular complexity index is 4630. The molecule has 0 aromatic heterocycles. The molecule has 0 radical (unpaired) electrons. The van der Waals surface area contributed by atoms with Crippen molar-refractivity contribution in [3.8, 4) is 33.8 Å². The minimum atomic E-state index is -4.87. The first-order chi connectivity index (χ1) is 44.0. The van der Waals surface area contributed by atoms with Crippen LogP contribution in [0.25, 0.3) is 22.3 Å². The molecule has 0 bridgehead atoms. The molecule has 2 aliphatic carbocycles. The molecule has 0 amide bonds. The molecule has 0 spiro atoms. The summed E-state index contributed by atoms with van der Waals surface area (Å²) in [7, 11) is 0. The first kappa shape index (κ1) is 55.5. The van der Waals surface area contributed by atoms with Crippen LogP contribution in [0.3, 0.4) is 0 Å². The molecule has 6 heteroatoms. The molecule has 0 N–H and O–H groups in total. The van der Waals surface area contributed by atoms with Gasteiger partial charge in [0.15, 0.2) is 0 Å². The third kappa shape index (κ3) is 8.02. The van der Waals surface area contributed by atoms with Crippen molar-refractivity contribution < 1.29 is 4.74 Å². The number of benzene rings is 12. The van der Waals surface area contributed by atoms with Crippen LogP contribution in [0, 0.1) is 48.5 Å². The van der Waals surface area contributed by atoms with Crippen LogP contribution in [0.15, 0.2) is 237 Å². The number of hydrogen-bond donors (Lipinski definition) is 0. The van der Waals surface area contributed by atoms with Crippen LogP contribution in [-0.2, 0) is 10.8 Å². The zero-order valence-electron chi connectivity index (χ0n) is 53.7. The molecule has 0 fully saturated rings. The van der Waals surface area contributed by atoms with E-state index < -0.39 is 29.2 Å². The average Bonchev–Trinajstić information content (AvgIpc) is 1.59. The molecule has 0 unspecified atom stereocenters. The van der Waals surface area contributed by atoms with Gasteiger partial charge in [-0.25, -0.2) is 0 Å². The van der Waals surface area contributed by atoms with Gasteiger partial charge in [-0.2, -0.15) is 0 Å². The topological polar surface area (TPSA) is 22.2 Å². The van der Waals surface area contributed by atoms with E-state index in [1.807, 2.05) is 0 Å². The van der Waals surface area contributed by atoms with Gasteiger partial charge < -0.3 is 0 Å².